The van der Waals surface area contributed by atoms with Crippen LogP contribution in [0.15, 0.2) is 340 Å². The van der Waals surface area contributed by atoms with Gasteiger partial charge in [0.2, 0.25) is 0 Å². The average molecular weight is 1090 g/mol. The molecule has 0 fully saturated rings. The molecule has 0 saturated heterocycles. The lowest BCUT2D eigenvalue weighted by atomic mass is 9.85. The number of rotatable bonds is 7. The Morgan fingerprint density at radius 1 is 0.105 bits per heavy atom. The largest absolute Gasteiger partial charge is 0.0622 e. The van der Waals surface area contributed by atoms with Gasteiger partial charge < -0.3 is 0 Å². The second-order valence-corrected chi connectivity index (χ2v) is 22.7. The van der Waals surface area contributed by atoms with Crippen molar-refractivity contribution in [3.8, 4) is 77.9 Å². The van der Waals surface area contributed by atoms with Gasteiger partial charge in [-0.3, -0.25) is 0 Å². The molecule has 0 radical (unpaired) electrons. The van der Waals surface area contributed by atoms with Crippen LogP contribution in [0.5, 0.6) is 0 Å². The van der Waals surface area contributed by atoms with Crippen LogP contribution in [0.3, 0.4) is 0 Å². The molecule has 0 bridgehead atoms. The van der Waals surface area contributed by atoms with Gasteiger partial charge in [0.05, 0.1) is 0 Å². The minimum Gasteiger partial charge on any atom is -0.0622 e. The summed E-state index contributed by atoms with van der Waals surface area (Å²) in [5, 5.41) is 20.3. The van der Waals surface area contributed by atoms with E-state index in [2.05, 4.69) is 340 Å². The van der Waals surface area contributed by atoms with Gasteiger partial charge in [-0.15, -0.1) is 0 Å². The van der Waals surface area contributed by atoms with E-state index in [4.69, 9.17) is 0 Å². The Hall–Kier alpha value is -11.2. The fraction of sp³-hybridized carbons (Fsp3) is 0. The van der Waals surface area contributed by atoms with E-state index in [1.54, 1.807) is 0 Å². The molecule has 17 aromatic rings. The minimum absolute atomic E-state index is 1.23. The molecular weight excluding hydrogens is 1030 g/mol. The molecule has 0 nitrogen and oxygen atoms in total. The maximum absolute atomic E-state index is 2.38. The van der Waals surface area contributed by atoms with Crippen molar-refractivity contribution in [2.45, 2.75) is 0 Å². The Morgan fingerprint density at radius 2 is 0.314 bits per heavy atom. The highest BCUT2D eigenvalue weighted by molar-refractivity contribution is 6.24. The highest BCUT2D eigenvalue weighted by atomic mass is 14.2. The van der Waals surface area contributed by atoms with Gasteiger partial charge in [-0.25, -0.2) is 0 Å². The second-order valence-electron chi connectivity index (χ2n) is 22.7. The molecule has 400 valence electrons. The summed E-state index contributed by atoms with van der Waals surface area (Å²) in [4.78, 5) is 0. The Morgan fingerprint density at radius 3 is 0.651 bits per heavy atom. The van der Waals surface area contributed by atoms with Crippen molar-refractivity contribution in [2.24, 2.45) is 0 Å². The third kappa shape index (κ3) is 9.13. The molecular formula is C86H56. The lowest BCUT2D eigenvalue weighted by Crippen LogP contribution is -1.91. The molecule has 0 unspecified atom stereocenters. The summed E-state index contributed by atoms with van der Waals surface area (Å²) in [7, 11) is 0. The van der Waals surface area contributed by atoms with E-state index < -0.39 is 0 Å². The monoisotopic (exact) mass is 1090 g/mol. The number of fused-ring (bicyclic) bond motifs is 8. The van der Waals surface area contributed by atoms with Crippen molar-refractivity contribution in [2.75, 3.05) is 0 Å². The Kier molecular flexibility index (Phi) is 12.7. The SMILES string of the molecule is c1ccc(-c2ccc3ccc(-c4c5ccccc5c(-c5ccc6ccccc6c5)c5ccccc45)cc3c2)cc1.c1ccc(-c2cccc(-c3ccc4ccc(-c5c6ccccc6c(-c6ccc7ccccc7c6)c6ccccc56)cc4c3)c2)cc1. The summed E-state index contributed by atoms with van der Waals surface area (Å²) in [5.74, 6) is 0. The summed E-state index contributed by atoms with van der Waals surface area (Å²) >= 11 is 0. The zero-order chi connectivity index (χ0) is 56.9. The molecule has 0 atom stereocenters. The Labute approximate surface area is 500 Å². The van der Waals surface area contributed by atoms with E-state index in [1.165, 1.54) is 164 Å². The second kappa shape index (κ2) is 21.5. The highest BCUT2D eigenvalue weighted by Gasteiger charge is 2.20. The fourth-order valence-electron chi connectivity index (χ4n) is 13.5. The zero-order valence-corrected chi connectivity index (χ0v) is 47.3. The summed E-state index contributed by atoms with van der Waals surface area (Å²) in [5.41, 5.74) is 17.6. The standard InChI is InChI=1S/C46H30.C40H26/c1-2-11-31(12-3-1)35-15-10-16-36(27-35)37-24-21-33-23-26-39(30-40(33)29-37)46-43-19-8-6-17-41(43)45(42-18-7-9-20-44(42)46)38-25-22-32-13-4-5-14-34(32)28-38;1-2-10-27(11-3-1)31-21-18-29-20-23-33(26-34(29)25-31)40-37-16-8-6-14-35(37)39(36-15-7-9-17-38(36)40)32-22-19-28-12-4-5-13-30(28)24-32/h1-30H;1-26H. The highest BCUT2D eigenvalue weighted by Crippen LogP contribution is 2.47. The van der Waals surface area contributed by atoms with Crippen LogP contribution in [0.2, 0.25) is 0 Å². The average Bonchev–Trinajstić information content (AvgIpc) is 1.07. The first kappa shape index (κ1) is 50.5. The molecule has 0 aliphatic rings. The molecule has 0 spiro atoms. The van der Waals surface area contributed by atoms with Gasteiger partial charge in [-0.1, -0.05) is 297 Å². The first-order chi connectivity index (χ1) is 42.6. The summed E-state index contributed by atoms with van der Waals surface area (Å²) in [6, 6.07) is 124. The smallest absolute Gasteiger partial charge is 0.00262 e. The van der Waals surface area contributed by atoms with Crippen molar-refractivity contribution in [3.05, 3.63) is 340 Å². The van der Waals surface area contributed by atoms with E-state index in [9.17, 15) is 0 Å². The van der Waals surface area contributed by atoms with Crippen LogP contribution < -0.4 is 0 Å². The Bertz CT molecular complexity index is 5340. The van der Waals surface area contributed by atoms with Gasteiger partial charge in [0.25, 0.3) is 0 Å². The molecule has 0 aromatic heterocycles. The van der Waals surface area contributed by atoms with Crippen LogP contribution in [0, 0.1) is 0 Å². The first-order valence-corrected chi connectivity index (χ1v) is 29.8. The van der Waals surface area contributed by atoms with Gasteiger partial charge in [0.1, 0.15) is 0 Å². The number of hydrogen-bond donors (Lipinski definition) is 0. The van der Waals surface area contributed by atoms with Crippen LogP contribution in [0.1, 0.15) is 0 Å². The molecule has 0 aliphatic carbocycles. The number of benzene rings is 17. The molecule has 0 amide bonds. The lowest BCUT2D eigenvalue weighted by Gasteiger charge is -2.18. The van der Waals surface area contributed by atoms with Crippen molar-refractivity contribution in [1.82, 2.24) is 0 Å². The molecule has 0 N–H and O–H groups in total. The lowest BCUT2D eigenvalue weighted by molar-refractivity contribution is 1.60. The maximum Gasteiger partial charge on any atom is -0.00262 e. The normalized spacial score (nSPS) is 11.5. The van der Waals surface area contributed by atoms with Gasteiger partial charge in [-0.05, 0) is 207 Å². The quantitative estimate of drug-likeness (QED) is 0.140. The fourth-order valence-corrected chi connectivity index (χ4v) is 13.5. The maximum atomic E-state index is 2.38. The molecule has 0 saturated carbocycles. The van der Waals surface area contributed by atoms with Gasteiger partial charge in [0, 0.05) is 0 Å². The van der Waals surface area contributed by atoms with E-state index in [0.717, 1.165) is 0 Å². The van der Waals surface area contributed by atoms with Gasteiger partial charge in [-0.2, -0.15) is 0 Å². The Balaban J connectivity index is 0.000000141. The van der Waals surface area contributed by atoms with E-state index in [-0.39, 0.29) is 0 Å². The van der Waals surface area contributed by atoms with Crippen LogP contribution in [0.25, 0.3) is 164 Å². The third-order valence-corrected chi connectivity index (χ3v) is 17.6. The van der Waals surface area contributed by atoms with E-state index >= 15 is 0 Å². The molecule has 86 heavy (non-hydrogen) atoms. The molecule has 0 aliphatic heterocycles. The van der Waals surface area contributed by atoms with Crippen LogP contribution in [-0.2, 0) is 0 Å². The van der Waals surface area contributed by atoms with Crippen molar-refractivity contribution in [1.29, 1.82) is 0 Å². The van der Waals surface area contributed by atoms with E-state index in [0.29, 0.717) is 0 Å². The van der Waals surface area contributed by atoms with Gasteiger partial charge >= 0.3 is 0 Å². The van der Waals surface area contributed by atoms with Crippen molar-refractivity contribution >= 4 is 86.2 Å². The summed E-state index contributed by atoms with van der Waals surface area (Å²) < 4.78 is 0. The molecule has 17 aromatic carbocycles. The molecule has 17 rings (SSSR count). The third-order valence-electron chi connectivity index (χ3n) is 17.6. The van der Waals surface area contributed by atoms with E-state index in [1.807, 2.05) is 0 Å². The number of hydrogen-bond acceptors (Lipinski definition) is 0. The summed E-state index contributed by atoms with van der Waals surface area (Å²) in [6.45, 7) is 0. The molecule has 0 heteroatoms. The van der Waals surface area contributed by atoms with Crippen LogP contribution in [0.4, 0.5) is 0 Å². The van der Waals surface area contributed by atoms with Crippen molar-refractivity contribution in [3.63, 3.8) is 0 Å². The first-order valence-electron chi connectivity index (χ1n) is 29.8. The topological polar surface area (TPSA) is 0 Å². The van der Waals surface area contributed by atoms with Crippen LogP contribution >= 0.6 is 0 Å². The van der Waals surface area contributed by atoms with Crippen LogP contribution in [-0.4, -0.2) is 0 Å². The zero-order valence-electron chi connectivity index (χ0n) is 47.3. The predicted octanol–water partition coefficient (Wildman–Crippen LogP) is 24.3. The van der Waals surface area contributed by atoms with Gasteiger partial charge in [0.15, 0.2) is 0 Å². The summed E-state index contributed by atoms with van der Waals surface area (Å²) in [6.07, 6.45) is 0. The predicted molar refractivity (Wildman–Crippen MR) is 371 cm³/mol. The molecule has 0 heterocycles. The minimum atomic E-state index is 1.23. The van der Waals surface area contributed by atoms with Crippen molar-refractivity contribution < 1.29 is 0 Å².